The highest BCUT2D eigenvalue weighted by Crippen LogP contribution is 2.32. The number of urea groups is 1. The van der Waals surface area contributed by atoms with E-state index in [9.17, 15) is 9.18 Å². The van der Waals surface area contributed by atoms with Crippen LogP contribution in [0.1, 0.15) is 43.0 Å². The molecule has 1 aliphatic rings. The van der Waals surface area contributed by atoms with Crippen molar-refractivity contribution >= 4 is 17.4 Å². The molecule has 3 N–H and O–H groups in total. The fourth-order valence-corrected chi connectivity index (χ4v) is 2.87. The summed E-state index contributed by atoms with van der Waals surface area (Å²) in [5, 5.41) is 8.79. The van der Waals surface area contributed by atoms with E-state index in [4.69, 9.17) is 5.73 Å². The molecule has 5 nitrogen and oxygen atoms in total. The van der Waals surface area contributed by atoms with Gasteiger partial charge < -0.3 is 11.1 Å². The molecular formula is C19H21FN4O. The van der Waals surface area contributed by atoms with Crippen LogP contribution in [0.3, 0.4) is 0 Å². The smallest absolute Gasteiger partial charge is 0.338 e. The van der Waals surface area contributed by atoms with E-state index in [1.807, 2.05) is 26.0 Å². The van der Waals surface area contributed by atoms with Crippen LogP contribution in [0.4, 0.5) is 14.9 Å². The molecule has 130 valence electrons. The lowest BCUT2D eigenvalue weighted by Gasteiger charge is -2.32. The second-order valence-electron chi connectivity index (χ2n) is 6.05. The van der Waals surface area contributed by atoms with Gasteiger partial charge in [-0.2, -0.15) is 5.10 Å². The Morgan fingerprint density at radius 3 is 2.68 bits per heavy atom. The molecule has 1 aliphatic heterocycles. The van der Waals surface area contributed by atoms with E-state index in [-0.39, 0.29) is 17.9 Å². The topological polar surface area (TPSA) is 70.7 Å². The Hall–Kier alpha value is -2.89. The second-order valence-corrected chi connectivity index (χ2v) is 6.05. The summed E-state index contributed by atoms with van der Waals surface area (Å²) in [6, 6.07) is 11.2. The summed E-state index contributed by atoms with van der Waals surface area (Å²) in [4.78, 5) is 12.5. The number of nitrogens with one attached hydrogen (secondary N) is 1. The van der Waals surface area contributed by atoms with Crippen molar-refractivity contribution in [3.63, 3.8) is 0 Å². The number of nitrogen functional groups attached to an aromatic ring is 1. The SMILES string of the molecule is CCCNC(=O)N1N=C(c2ccc(N)cc2)c2cc(F)ccc2C1C. The number of amides is 2. The van der Waals surface area contributed by atoms with Gasteiger partial charge in [0.25, 0.3) is 0 Å². The maximum absolute atomic E-state index is 13.8. The van der Waals surface area contributed by atoms with E-state index in [1.165, 1.54) is 17.1 Å². The lowest BCUT2D eigenvalue weighted by molar-refractivity contribution is 0.181. The molecule has 0 fully saturated rings. The van der Waals surface area contributed by atoms with Crippen LogP contribution in [0.5, 0.6) is 0 Å². The van der Waals surface area contributed by atoms with E-state index >= 15 is 0 Å². The highest BCUT2D eigenvalue weighted by Gasteiger charge is 2.30. The van der Waals surface area contributed by atoms with Crippen molar-refractivity contribution in [2.24, 2.45) is 5.10 Å². The minimum atomic E-state index is -0.335. The van der Waals surface area contributed by atoms with Gasteiger partial charge in [-0.05, 0) is 43.2 Å². The van der Waals surface area contributed by atoms with Crippen LogP contribution in [-0.2, 0) is 0 Å². The number of carbonyl (C=O) groups is 1. The third-order valence-electron chi connectivity index (χ3n) is 4.21. The molecule has 0 aliphatic carbocycles. The molecule has 0 radical (unpaired) electrons. The van der Waals surface area contributed by atoms with Crippen molar-refractivity contribution < 1.29 is 9.18 Å². The molecule has 0 spiro atoms. The summed E-state index contributed by atoms with van der Waals surface area (Å²) < 4.78 is 13.8. The number of rotatable bonds is 3. The molecule has 25 heavy (non-hydrogen) atoms. The third-order valence-corrected chi connectivity index (χ3v) is 4.21. The van der Waals surface area contributed by atoms with Gasteiger partial charge in [-0.1, -0.05) is 25.1 Å². The van der Waals surface area contributed by atoms with E-state index < -0.39 is 0 Å². The van der Waals surface area contributed by atoms with Gasteiger partial charge in [-0.3, -0.25) is 0 Å². The Labute approximate surface area is 146 Å². The van der Waals surface area contributed by atoms with Gasteiger partial charge >= 0.3 is 6.03 Å². The largest absolute Gasteiger partial charge is 0.399 e. The summed E-state index contributed by atoms with van der Waals surface area (Å²) in [6.07, 6.45) is 0.838. The third kappa shape index (κ3) is 3.33. The number of benzene rings is 2. The number of nitrogens with two attached hydrogens (primary N) is 1. The number of anilines is 1. The van der Waals surface area contributed by atoms with Crippen molar-refractivity contribution in [1.29, 1.82) is 0 Å². The molecule has 2 aromatic carbocycles. The summed E-state index contributed by atoms with van der Waals surface area (Å²) in [7, 11) is 0. The quantitative estimate of drug-likeness (QED) is 0.837. The summed E-state index contributed by atoms with van der Waals surface area (Å²) in [6.45, 7) is 4.44. The number of hydrogen-bond acceptors (Lipinski definition) is 3. The molecule has 0 saturated heterocycles. The predicted molar refractivity (Wildman–Crippen MR) is 96.8 cm³/mol. The molecule has 2 amide bonds. The summed E-state index contributed by atoms with van der Waals surface area (Å²) in [5.41, 5.74) is 9.26. The van der Waals surface area contributed by atoms with Crippen molar-refractivity contribution in [2.45, 2.75) is 26.3 Å². The normalized spacial score (nSPS) is 16.2. The average molecular weight is 340 g/mol. The summed E-state index contributed by atoms with van der Waals surface area (Å²) >= 11 is 0. The molecule has 6 heteroatoms. The minimum Gasteiger partial charge on any atom is -0.399 e. The molecule has 1 unspecified atom stereocenters. The van der Waals surface area contributed by atoms with Crippen molar-refractivity contribution in [3.05, 3.63) is 65.0 Å². The number of nitrogens with zero attached hydrogens (tertiary/aromatic N) is 2. The van der Waals surface area contributed by atoms with Gasteiger partial charge in [0.1, 0.15) is 5.82 Å². The Balaban J connectivity index is 2.09. The maximum atomic E-state index is 13.8. The fourth-order valence-electron chi connectivity index (χ4n) is 2.87. The first kappa shape index (κ1) is 17.0. The Bertz CT molecular complexity index is 817. The summed E-state index contributed by atoms with van der Waals surface area (Å²) in [5.74, 6) is -0.335. The van der Waals surface area contributed by atoms with Gasteiger partial charge in [-0.15, -0.1) is 0 Å². The monoisotopic (exact) mass is 340 g/mol. The molecule has 0 aromatic heterocycles. The van der Waals surface area contributed by atoms with Crippen molar-refractivity contribution in [1.82, 2.24) is 10.3 Å². The highest BCUT2D eigenvalue weighted by atomic mass is 19.1. The number of halogens is 1. The Morgan fingerprint density at radius 1 is 1.28 bits per heavy atom. The molecule has 2 aromatic rings. The van der Waals surface area contributed by atoms with Crippen LogP contribution >= 0.6 is 0 Å². The lowest BCUT2D eigenvalue weighted by atomic mass is 9.92. The predicted octanol–water partition coefficient (Wildman–Crippen LogP) is 3.66. The van der Waals surface area contributed by atoms with E-state index in [2.05, 4.69) is 10.4 Å². The zero-order valence-corrected chi connectivity index (χ0v) is 14.3. The molecule has 1 heterocycles. The first-order valence-electron chi connectivity index (χ1n) is 8.32. The first-order chi connectivity index (χ1) is 12.0. The fraction of sp³-hybridized carbons (Fsp3) is 0.263. The number of hydrazone groups is 1. The van der Waals surface area contributed by atoms with Crippen LogP contribution in [0, 0.1) is 5.82 Å². The first-order valence-corrected chi connectivity index (χ1v) is 8.32. The molecular weight excluding hydrogens is 319 g/mol. The van der Waals surface area contributed by atoms with Gasteiger partial charge in [-0.25, -0.2) is 14.2 Å². The number of carbonyl (C=O) groups excluding carboxylic acids is 1. The Morgan fingerprint density at radius 2 is 2.00 bits per heavy atom. The molecule has 0 bridgehead atoms. The molecule has 1 atom stereocenters. The van der Waals surface area contributed by atoms with Gasteiger partial charge in [0.2, 0.25) is 0 Å². The maximum Gasteiger partial charge on any atom is 0.338 e. The van der Waals surface area contributed by atoms with Crippen LogP contribution in [0.25, 0.3) is 0 Å². The van der Waals surface area contributed by atoms with Crippen LogP contribution in [0.2, 0.25) is 0 Å². The van der Waals surface area contributed by atoms with E-state index in [0.29, 0.717) is 23.5 Å². The highest BCUT2D eigenvalue weighted by molar-refractivity contribution is 6.14. The lowest BCUT2D eigenvalue weighted by Crippen LogP contribution is -2.41. The van der Waals surface area contributed by atoms with Crippen LogP contribution < -0.4 is 11.1 Å². The second kappa shape index (κ2) is 6.93. The standard InChI is InChI=1S/C19H21FN4O/c1-3-10-22-19(25)24-12(2)16-9-6-14(20)11-17(16)18(23-24)13-4-7-15(21)8-5-13/h4-9,11-12H,3,10,21H2,1-2H3,(H,22,25). The van der Waals surface area contributed by atoms with E-state index in [1.54, 1.807) is 18.2 Å². The zero-order chi connectivity index (χ0) is 18.0. The Kier molecular flexibility index (Phi) is 4.70. The van der Waals surface area contributed by atoms with Gasteiger partial charge in [0.15, 0.2) is 0 Å². The number of hydrogen-bond donors (Lipinski definition) is 2. The van der Waals surface area contributed by atoms with Gasteiger partial charge in [0, 0.05) is 23.4 Å². The van der Waals surface area contributed by atoms with Crippen LogP contribution in [-0.4, -0.2) is 23.3 Å². The van der Waals surface area contributed by atoms with Crippen LogP contribution in [0.15, 0.2) is 47.6 Å². The number of fused-ring (bicyclic) bond motifs is 1. The van der Waals surface area contributed by atoms with Crippen molar-refractivity contribution in [3.8, 4) is 0 Å². The minimum absolute atomic E-state index is 0.266. The van der Waals surface area contributed by atoms with Crippen molar-refractivity contribution in [2.75, 3.05) is 12.3 Å². The zero-order valence-electron chi connectivity index (χ0n) is 14.3. The molecule has 3 rings (SSSR count). The molecule has 0 saturated carbocycles. The van der Waals surface area contributed by atoms with Gasteiger partial charge in [0.05, 0.1) is 11.8 Å². The average Bonchev–Trinajstić information content (AvgIpc) is 2.61. The van der Waals surface area contributed by atoms with E-state index in [0.717, 1.165) is 17.5 Å².